The lowest BCUT2D eigenvalue weighted by Crippen LogP contribution is -2.41. The number of carbonyl (C=O) groups is 1. The van der Waals surface area contributed by atoms with Crippen LogP contribution in [0.3, 0.4) is 0 Å². The smallest absolute Gasteiger partial charge is 0.340 e. The Kier molecular flexibility index (Phi) is 6.18. The number of rotatable bonds is 8. The van der Waals surface area contributed by atoms with Crippen LogP contribution in [0.5, 0.6) is 0 Å². The normalized spacial score (nSPS) is 19.4. The number of aromatic amines is 2. The van der Waals surface area contributed by atoms with Crippen molar-refractivity contribution in [1.82, 2.24) is 18.7 Å². The van der Waals surface area contributed by atoms with Crippen molar-refractivity contribution < 1.29 is 17.9 Å². The standard InChI is InChI=1S/C23H27ClN4O5S/c1-2-10-33-23(30)18-12-25-21-20(18)17-11-16(7-8-19(17)26-22(21)29)34(31,32)28(14-5-6-14)13-15-4-3-9-27(15)24/h7-8,11-12,14-15,25H,2-6,9-10,13H2,1H3,(H,26,29)/t15-/m0/s1. The quantitative estimate of drug-likeness (QED) is 0.357. The van der Waals surface area contributed by atoms with Gasteiger partial charge >= 0.3 is 5.97 Å². The van der Waals surface area contributed by atoms with E-state index in [4.69, 9.17) is 16.5 Å². The van der Waals surface area contributed by atoms with E-state index in [0.717, 1.165) is 32.2 Å². The first-order valence-electron chi connectivity index (χ1n) is 11.6. The molecule has 0 bridgehead atoms. The van der Waals surface area contributed by atoms with Crippen molar-refractivity contribution in [2.24, 2.45) is 0 Å². The van der Waals surface area contributed by atoms with Crippen LogP contribution < -0.4 is 5.56 Å². The second-order valence-electron chi connectivity index (χ2n) is 8.98. The topological polar surface area (TPSA) is 116 Å². The zero-order chi connectivity index (χ0) is 24.0. The molecule has 2 N–H and O–H groups in total. The van der Waals surface area contributed by atoms with Gasteiger partial charge in [-0.1, -0.05) is 6.92 Å². The maximum atomic E-state index is 13.7. The van der Waals surface area contributed by atoms with Crippen molar-refractivity contribution in [1.29, 1.82) is 0 Å². The third-order valence-electron chi connectivity index (χ3n) is 6.53. The summed E-state index contributed by atoms with van der Waals surface area (Å²) in [5, 5.41) is 0.827. The summed E-state index contributed by atoms with van der Waals surface area (Å²) >= 11 is 6.30. The van der Waals surface area contributed by atoms with Crippen molar-refractivity contribution in [2.75, 3.05) is 19.7 Å². The molecular formula is C23H27ClN4O5S. The predicted octanol–water partition coefficient (Wildman–Crippen LogP) is 3.35. The van der Waals surface area contributed by atoms with Gasteiger partial charge in [0.05, 0.1) is 17.1 Å². The molecule has 0 unspecified atom stereocenters. The molecule has 9 nitrogen and oxygen atoms in total. The number of carbonyl (C=O) groups excluding carboxylic acids is 1. The lowest BCUT2D eigenvalue weighted by molar-refractivity contribution is 0.0507. The van der Waals surface area contributed by atoms with Crippen LogP contribution in [0.25, 0.3) is 21.8 Å². The zero-order valence-corrected chi connectivity index (χ0v) is 20.4. The van der Waals surface area contributed by atoms with Gasteiger partial charge in [-0.3, -0.25) is 4.79 Å². The van der Waals surface area contributed by atoms with E-state index < -0.39 is 21.6 Å². The Morgan fingerprint density at radius 1 is 1.29 bits per heavy atom. The highest BCUT2D eigenvalue weighted by atomic mass is 35.5. The molecule has 1 saturated heterocycles. The van der Waals surface area contributed by atoms with Gasteiger partial charge < -0.3 is 14.7 Å². The number of aromatic nitrogens is 2. The van der Waals surface area contributed by atoms with Crippen LogP contribution in [0.4, 0.5) is 0 Å². The van der Waals surface area contributed by atoms with Crippen LogP contribution in [0.1, 0.15) is 49.4 Å². The minimum atomic E-state index is -3.82. The van der Waals surface area contributed by atoms with E-state index in [1.165, 1.54) is 18.3 Å². The molecule has 3 heterocycles. The average molecular weight is 507 g/mol. The number of halogens is 1. The van der Waals surface area contributed by atoms with E-state index in [-0.39, 0.29) is 34.7 Å². The Balaban J connectivity index is 1.60. The second kappa shape index (κ2) is 8.99. The molecule has 182 valence electrons. The van der Waals surface area contributed by atoms with Gasteiger partial charge in [0.25, 0.3) is 5.56 Å². The van der Waals surface area contributed by atoms with Crippen molar-refractivity contribution in [3.63, 3.8) is 0 Å². The van der Waals surface area contributed by atoms with Crippen LogP contribution in [-0.4, -0.2) is 64.9 Å². The largest absolute Gasteiger partial charge is 0.462 e. The molecule has 3 aromatic rings. The van der Waals surface area contributed by atoms with Gasteiger partial charge in [-0.15, -0.1) is 0 Å². The molecule has 1 aliphatic heterocycles. The minimum Gasteiger partial charge on any atom is -0.462 e. The van der Waals surface area contributed by atoms with E-state index in [2.05, 4.69) is 9.97 Å². The highest BCUT2D eigenvalue weighted by molar-refractivity contribution is 7.89. The number of esters is 1. The second-order valence-corrected chi connectivity index (χ2v) is 11.3. The van der Waals surface area contributed by atoms with Crippen LogP contribution >= 0.6 is 11.8 Å². The number of hydrogen-bond acceptors (Lipinski definition) is 6. The number of nitrogens with one attached hydrogen (secondary N) is 2. The molecule has 2 aromatic heterocycles. The molecule has 0 amide bonds. The van der Waals surface area contributed by atoms with Crippen molar-refractivity contribution in [3.8, 4) is 0 Å². The van der Waals surface area contributed by atoms with Crippen LogP contribution in [-0.2, 0) is 14.8 Å². The van der Waals surface area contributed by atoms with E-state index in [0.29, 0.717) is 29.3 Å². The summed E-state index contributed by atoms with van der Waals surface area (Å²) in [6.07, 6.45) is 5.54. The third-order valence-corrected chi connectivity index (χ3v) is 8.89. The van der Waals surface area contributed by atoms with Crippen molar-refractivity contribution in [2.45, 2.75) is 56.0 Å². The van der Waals surface area contributed by atoms with E-state index in [9.17, 15) is 18.0 Å². The molecule has 1 saturated carbocycles. The monoisotopic (exact) mass is 506 g/mol. The Bertz CT molecular complexity index is 1410. The third kappa shape index (κ3) is 4.13. The Hall–Kier alpha value is -2.40. The van der Waals surface area contributed by atoms with Gasteiger partial charge in [0, 0.05) is 47.7 Å². The molecule has 1 aromatic carbocycles. The van der Waals surface area contributed by atoms with Gasteiger partial charge in [-0.2, -0.15) is 4.31 Å². The summed E-state index contributed by atoms with van der Waals surface area (Å²) in [4.78, 5) is 30.9. The summed E-state index contributed by atoms with van der Waals surface area (Å²) < 4.78 is 36.0. The fourth-order valence-corrected chi connectivity index (χ4v) is 6.66. The molecular weight excluding hydrogens is 480 g/mol. The number of ether oxygens (including phenoxy) is 1. The fraction of sp³-hybridized carbons (Fsp3) is 0.478. The van der Waals surface area contributed by atoms with Gasteiger partial charge in [0.15, 0.2) is 0 Å². The summed E-state index contributed by atoms with van der Waals surface area (Å²) in [6, 6.07) is 4.56. The maximum absolute atomic E-state index is 13.7. The summed E-state index contributed by atoms with van der Waals surface area (Å²) in [5.41, 5.74) is 0.460. The minimum absolute atomic E-state index is 0.0230. The fourth-order valence-electron chi connectivity index (χ4n) is 4.63. The number of benzene rings is 1. The van der Waals surface area contributed by atoms with E-state index in [1.807, 2.05) is 6.92 Å². The molecule has 0 radical (unpaired) electrons. The number of H-pyrrole nitrogens is 2. The maximum Gasteiger partial charge on any atom is 0.340 e. The first kappa shape index (κ1) is 23.3. The Morgan fingerprint density at radius 3 is 2.76 bits per heavy atom. The highest BCUT2D eigenvalue weighted by Gasteiger charge is 2.41. The first-order valence-corrected chi connectivity index (χ1v) is 13.4. The van der Waals surface area contributed by atoms with Crippen LogP contribution in [0.15, 0.2) is 34.1 Å². The SMILES string of the molecule is CCCOC(=O)c1c[nH]c2c(=O)[nH]c3ccc(S(=O)(=O)N(C[C@@H]4CCCN4Cl)C4CC4)cc3c12. The first-order chi connectivity index (χ1) is 16.3. The molecule has 0 spiro atoms. The highest BCUT2D eigenvalue weighted by Crippen LogP contribution is 2.35. The molecule has 5 rings (SSSR count). The van der Waals surface area contributed by atoms with Crippen LogP contribution in [0.2, 0.25) is 0 Å². The number of sulfonamides is 1. The molecule has 2 fully saturated rings. The van der Waals surface area contributed by atoms with Gasteiger partial charge in [0.1, 0.15) is 5.52 Å². The van der Waals surface area contributed by atoms with Crippen LogP contribution in [0, 0.1) is 0 Å². The van der Waals surface area contributed by atoms with E-state index >= 15 is 0 Å². The zero-order valence-electron chi connectivity index (χ0n) is 18.8. The lowest BCUT2D eigenvalue weighted by atomic mass is 10.1. The summed E-state index contributed by atoms with van der Waals surface area (Å²) in [5.74, 6) is -0.559. The molecule has 1 atom stereocenters. The summed E-state index contributed by atoms with van der Waals surface area (Å²) in [6.45, 7) is 3.23. The van der Waals surface area contributed by atoms with Gasteiger partial charge in [-0.25, -0.2) is 17.6 Å². The number of hydrogen-bond donors (Lipinski definition) is 2. The average Bonchev–Trinajstić information content (AvgIpc) is 3.40. The molecule has 2 aliphatic rings. The Labute approximate surface area is 202 Å². The lowest BCUT2D eigenvalue weighted by Gasteiger charge is -2.27. The molecule has 1 aliphatic carbocycles. The molecule has 11 heteroatoms. The number of nitrogens with zero attached hydrogens (tertiary/aromatic N) is 2. The number of pyridine rings is 1. The van der Waals surface area contributed by atoms with E-state index in [1.54, 1.807) is 14.8 Å². The molecule has 34 heavy (non-hydrogen) atoms. The van der Waals surface area contributed by atoms with Gasteiger partial charge in [0.2, 0.25) is 10.0 Å². The summed E-state index contributed by atoms with van der Waals surface area (Å²) in [7, 11) is -3.82. The number of fused-ring (bicyclic) bond motifs is 3. The van der Waals surface area contributed by atoms with Gasteiger partial charge in [-0.05, 0) is 62.1 Å². The van der Waals surface area contributed by atoms with Crippen molar-refractivity contribution >= 4 is 49.6 Å². The Morgan fingerprint density at radius 2 is 2.09 bits per heavy atom. The predicted molar refractivity (Wildman–Crippen MR) is 129 cm³/mol. The van der Waals surface area contributed by atoms with Crippen molar-refractivity contribution in [3.05, 3.63) is 40.3 Å².